The van der Waals surface area contributed by atoms with Crippen LogP contribution in [0.25, 0.3) is 0 Å². The van der Waals surface area contributed by atoms with Crippen LogP contribution in [0.3, 0.4) is 0 Å². The molecule has 1 fully saturated rings. The van der Waals surface area contributed by atoms with Crippen molar-refractivity contribution < 1.29 is 14.7 Å². The first-order valence-corrected chi connectivity index (χ1v) is 7.23. The monoisotopic (exact) mass is 326 g/mol. The predicted molar refractivity (Wildman–Crippen MR) is 88.6 cm³/mol. The maximum absolute atomic E-state index is 12.3. The Balaban J connectivity index is 0.00000242. The van der Waals surface area contributed by atoms with E-state index in [1.54, 1.807) is 0 Å². The predicted octanol–water partition coefficient (Wildman–Crippen LogP) is 2.46. The van der Waals surface area contributed by atoms with Gasteiger partial charge in [0.25, 0.3) is 0 Å². The van der Waals surface area contributed by atoms with Crippen LogP contribution < -0.4 is 5.32 Å². The summed E-state index contributed by atoms with van der Waals surface area (Å²) in [5, 5.41) is 12.0. The molecule has 1 aliphatic heterocycles. The fraction of sp³-hybridized carbons (Fsp3) is 0.500. The second-order valence-corrected chi connectivity index (χ2v) is 5.80. The first-order valence-electron chi connectivity index (χ1n) is 7.23. The quantitative estimate of drug-likeness (QED) is 0.891. The Hall–Kier alpha value is -1.59. The number of carbonyl (C=O) groups is 2. The average Bonchev–Trinajstić information content (AvgIpc) is 2.91. The highest BCUT2D eigenvalue weighted by Gasteiger charge is 2.33. The van der Waals surface area contributed by atoms with Gasteiger partial charge in [-0.25, -0.2) is 0 Å². The third-order valence-corrected chi connectivity index (χ3v) is 4.15. The van der Waals surface area contributed by atoms with Gasteiger partial charge in [-0.05, 0) is 50.9 Å². The van der Waals surface area contributed by atoms with Gasteiger partial charge in [-0.1, -0.05) is 12.1 Å². The van der Waals surface area contributed by atoms with E-state index >= 15 is 0 Å². The Labute approximate surface area is 137 Å². The molecule has 1 amide bonds. The number of carboxylic acids is 1. The van der Waals surface area contributed by atoms with Crippen LogP contribution in [0.15, 0.2) is 18.2 Å². The number of amides is 1. The summed E-state index contributed by atoms with van der Waals surface area (Å²) in [6.07, 6.45) is 0.608. The third kappa shape index (κ3) is 4.21. The second-order valence-electron chi connectivity index (χ2n) is 5.80. The number of hydrogen-bond donors (Lipinski definition) is 2. The molecule has 0 aromatic heterocycles. The number of nitrogens with one attached hydrogen (secondary N) is 1. The molecule has 1 heterocycles. The molecule has 2 atom stereocenters. The van der Waals surface area contributed by atoms with Crippen molar-refractivity contribution in [1.82, 2.24) is 4.90 Å². The number of aliphatic carboxylic acids is 1. The van der Waals surface area contributed by atoms with Gasteiger partial charge in [0.2, 0.25) is 5.91 Å². The standard InChI is InChI=1S/C16H22N2O3.ClH/c1-10-4-5-11(2)14(8-10)17-15(19)12(3)18-7-6-13(9-18)16(20)21;/h4-5,8,12-13H,6-7,9H2,1-3H3,(H,17,19)(H,20,21);1H. The van der Waals surface area contributed by atoms with Crippen LogP contribution in [0, 0.1) is 19.8 Å². The zero-order chi connectivity index (χ0) is 15.6. The molecule has 0 radical (unpaired) electrons. The molecule has 22 heavy (non-hydrogen) atoms. The first-order chi connectivity index (χ1) is 9.88. The summed E-state index contributed by atoms with van der Waals surface area (Å²) in [4.78, 5) is 25.3. The van der Waals surface area contributed by atoms with Crippen molar-refractivity contribution in [3.8, 4) is 0 Å². The Morgan fingerprint density at radius 1 is 1.36 bits per heavy atom. The van der Waals surface area contributed by atoms with E-state index in [1.807, 2.05) is 43.9 Å². The normalized spacial score (nSPS) is 19.3. The number of aryl methyl sites for hydroxylation is 2. The summed E-state index contributed by atoms with van der Waals surface area (Å²) in [7, 11) is 0. The molecule has 6 heteroatoms. The number of anilines is 1. The molecule has 1 aromatic rings. The molecule has 0 saturated carbocycles. The molecule has 0 bridgehead atoms. The molecule has 2 rings (SSSR count). The van der Waals surface area contributed by atoms with Crippen molar-refractivity contribution in [2.24, 2.45) is 5.92 Å². The van der Waals surface area contributed by atoms with Gasteiger partial charge < -0.3 is 10.4 Å². The van der Waals surface area contributed by atoms with Crippen molar-refractivity contribution in [1.29, 1.82) is 0 Å². The molecule has 1 aromatic carbocycles. The van der Waals surface area contributed by atoms with E-state index in [2.05, 4.69) is 5.32 Å². The first kappa shape index (κ1) is 18.5. The molecule has 2 unspecified atom stereocenters. The van der Waals surface area contributed by atoms with Crippen LogP contribution >= 0.6 is 12.4 Å². The van der Waals surface area contributed by atoms with Crippen molar-refractivity contribution in [3.05, 3.63) is 29.3 Å². The van der Waals surface area contributed by atoms with E-state index in [0.717, 1.165) is 16.8 Å². The minimum Gasteiger partial charge on any atom is -0.481 e. The van der Waals surface area contributed by atoms with E-state index in [1.165, 1.54) is 0 Å². The number of hydrogen-bond acceptors (Lipinski definition) is 3. The highest BCUT2D eigenvalue weighted by molar-refractivity contribution is 5.95. The van der Waals surface area contributed by atoms with Crippen molar-refractivity contribution in [2.45, 2.75) is 33.2 Å². The summed E-state index contributed by atoms with van der Waals surface area (Å²) in [6.45, 7) is 6.85. The molecule has 1 aliphatic rings. The third-order valence-electron chi connectivity index (χ3n) is 4.15. The Bertz CT molecular complexity index is 562. The van der Waals surface area contributed by atoms with Crippen LogP contribution in [0.1, 0.15) is 24.5 Å². The molecule has 122 valence electrons. The van der Waals surface area contributed by atoms with Gasteiger partial charge >= 0.3 is 5.97 Å². The van der Waals surface area contributed by atoms with Gasteiger partial charge in [-0.2, -0.15) is 0 Å². The van der Waals surface area contributed by atoms with Crippen molar-refractivity contribution in [3.63, 3.8) is 0 Å². The lowest BCUT2D eigenvalue weighted by Crippen LogP contribution is -2.41. The van der Waals surface area contributed by atoms with Crippen LogP contribution in [-0.4, -0.2) is 41.0 Å². The van der Waals surface area contributed by atoms with Gasteiger partial charge in [0, 0.05) is 12.2 Å². The van der Waals surface area contributed by atoms with Gasteiger partial charge in [0.1, 0.15) is 0 Å². The lowest BCUT2D eigenvalue weighted by Gasteiger charge is -2.23. The molecule has 5 nitrogen and oxygen atoms in total. The fourth-order valence-electron chi connectivity index (χ4n) is 2.61. The summed E-state index contributed by atoms with van der Waals surface area (Å²) in [6, 6.07) is 5.61. The lowest BCUT2D eigenvalue weighted by atomic mass is 10.1. The number of nitrogens with zero attached hydrogens (tertiary/aromatic N) is 1. The van der Waals surface area contributed by atoms with Gasteiger partial charge in [0.05, 0.1) is 12.0 Å². The Morgan fingerprint density at radius 3 is 2.64 bits per heavy atom. The van der Waals surface area contributed by atoms with Crippen LogP contribution in [0.5, 0.6) is 0 Å². The number of carbonyl (C=O) groups excluding carboxylic acids is 1. The average molecular weight is 327 g/mol. The van der Waals surface area contributed by atoms with Crippen LogP contribution in [-0.2, 0) is 9.59 Å². The van der Waals surface area contributed by atoms with Crippen molar-refractivity contribution in [2.75, 3.05) is 18.4 Å². The molecular weight excluding hydrogens is 304 g/mol. The maximum atomic E-state index is 12.3. The number of rotatable bonds is 4. The fourth-order valence-corrected chi connectivity index (χ4v) is 2.61. The van der Waals surface area contributed by atoms with Crippen molar-refractivity contribution >= 4 is 30.0 Å². The summed E-state index contributed by atoms with van der Waals surface area (Å²) < 4.78 is 0. The molecule has 1 saturated heterocycles. The highest BCUT2D eigenvalue weighted by Crippen LogP contribution is 2.21. The van der Waals surface area contributed by atoms with Gasteiger partial charge in [-0.15, -0.1) is 12.4 Å². The summed E-state index contributed by atoms with van der Waals surface area (Å²) >= 11 is 0. The number of likely N-dealkylation sites (tertiary alicyclic amines) is 1. The van der Waals surface area contributed by atoms with E-state index in [4.69, 9.17) is 5.11 Å². The molecule has 0 spiro atoms. The van der Waals surface area contributed by atoms with Gasteiger partial charge in [-0.3, -0.25) is 14.5 Å². The second kappa shape index (κ2) is 7.61. The van der Waals surface area contributed by atoms with E-state index in [-0.39, 0.29) is 30.3 Å². The minimum absolute atomic E-state index is 0. The topological polar surface area (TPSA) is 69.6 Å². The zero-order valence-corrected chi connectivity index (χ0v) is 13.9. The summed E-state index contributed by atoms with van der Waals surface area (Å²) in [5.74, 6) is -1.23. The Morgan fingerprint density at radius 2 is 2.05 bits per heavy atom. The largest absolute Gasteiger partial charge is 0.481 e. The van der Waals surface area contributed by atoms with Gasteiger partial charge in [0.15, 0.2) is 0 Å². The zero-order valence-electron chi connectivity index (χ0n) is 13.1. The number of carboxylic acid groups (broad SMARTS) is 1. The highest BCUT2D eigenvalue weighted by atomic mass is 35.5. The van der Waals surface area contributed by atoms with Crippen LogP contribution in [0.2, 0.25) is 0 Å². The molecule has 2 N–H and O–H groups in total. The minimum atomic E-state index is -0.778. The Kier molecular flexibility index (Phi) is 6.38. The molecule has 0 aliphatic carbocycles. The summed E-state index contributed by atoms with van der Waals surface area (Å²) in [5.41, 5.74) is 2.93. The maximum Gasteiger partial charge on any atom is 0.307 e. The van der Waals surface area contributed by atoms with E-state index in [9.17, 15) is 9.59 Å². The number of halogens is 1. The SMILES string of the molecule is Cc1ccc(C)c(NC(=O)C(C)N2CCC(C(=O)O)C2)c1.Cl. The van der Waals surface area contributed by atoms with E-state index < -0.39 is 5.97 Å². The van der Waals surface area contributed by atoms with Crippen LogP contribution in [0.4, 0.5) is 5.69 Å². The smallest absolute Gasteiger partial charge is 0.307 e. The lowest BCUT2D eigenvalue weighted by molar-refractivity contribution is -0.141. The number of benzene rings is 1. The molecular formula is C16H23ClN2O3. The van der Waals surface area contributed by atoms with E-state index in [0.29, 0.717) is 19.5 Å².